The van der Waals surface area contributed by atoms with Crippen LogP contribution in [0.5, 0.6) is 5.75 Å². The van der Waals surface area contributed by atoms with Gasteiger partial charge in [-0.15, -0.1) is 11.3 Å². The largest absolute Gasteiger partial charge is 0.496 e. The Kier molecular flexibility index (Phi) is 3.54. The van der Waals surface area contributed by atoms with Crippen LogP contribution in [0.2, 0.25) is 0 Å². The van der Waals surface area contributed by atoms with Crippen LogP contribution in [0.3, 0.4) is 0 Å². The normalized spacial score (nSPS) is 12.1. The number of thiophene rings is 1. The Hall–Kier alpha value is -1.68. The van der Waals surface area contributed by atoms with E-state index in [2.05, 4.69) is 4.98 Å². The maximum Gasteiger partial charge on any atom is 0.180 e. The Labute approximate surface area is 104 Å². The first-order valence-electron chi connectivity index (χ1n) is 5.29. The second kappa shape index (κ2) is 5.10. The molecular weight excluding hydrogens is 234 g/mol. The standard InChI is InChI=1S/C13H13NO2S/c1-9(10-3-5-14-6-4-10)13(15)12-7-11(16-2)8-17-12/h3-9H,1-2H3. The van der Waals surface area contributed by atoms with Gasteiger partial charge in [0.05, 0.1) is 12.0 Å². The number of carbonyl (C=O) groups excluding carboxylic acids is 1. The molecule has 0 radical (unpaired) electrons. The zero-order valence-electron chi connectivity index (χ0n) is 9.71. The summed E-state index contributed by atoms with van der Waals surface area (Å²) in [5, 5.41) is 1.84. The summed E-state index contributed by atoms with van der Waals surface area (Å²) in [7, 11) is 1.60. The number of rotatable bonds is 4. The van der Waals surface area contributed by atoms with E-state index in [-0.39, 0.29) is 11.7 Å². The summed E-state index contributed by atoms with van der Waals surface area (Å²) in [6.45, 7) is 1.91. The lowest BCUT2D eigenvalue weighted by Crippen LogP contribution is -2.07. The molecule has 0 aliphatic rings. The SMILES string of the molecule is COc1csc(C(=O)C(C)c2ccncc2)c1. The van der Waals surface area contributed by atoms with E-state index in [9.17, 15) is 4.79 Å². The fourth-order valence-corrected chi connectivity index (χ4v) is 2.46. The summed E-state index contributed by atoms with van der Waals surface area (Å²) in [6, 6.07) is 5.52. The van der Waals surface area contributed by atoms with Gasteiger partial charge in [0.25, 0.3) is 0 Å². The van der Waals surface area contributed by atoms with Crippen molar-refractivity contribution >= 4 is 17.1 Å². The second-order valence-electron chi connectivity index (χ2n) is 3.72. The fraction of sp³-hybridized carbons (Fsp3) is 0.231. The summed E-state index contributed by atoms with van der Waals surface area (Å²) in [5.74, 6) is 0.700. The van der Waals surface area contributed by atoms with Crippen LogP contribution < -0.4 is 4.74 Å². The van der Waals surface area contributed by atoms with Crippen LogP contribution in [0.15, 0.2) is 36.0 Å². The predicted octanol–water partition coefficient (Wildman–Crippen LogP) is 3.14. The van der Waals surface area contributed by atoms with E-state index >= 15 is 0 Å². The number of pyridine rings is 1. The van der Waals surface area contributed by atoms with Crippen LogP contribution in [0.4, 0.5) is 0 Å². The topological polar surface area (TPSA) is 39.2 Å². The first-order valence-corrected chi connectivity index (χ1v) is 6.17. The minimum absolute atomic E-state index is 0.115. The zero-order valence-corrected chi connectivity index (χ0v) is 10.5. The molecule has 0 spiro atoms. The molecule has 4 heteroatoms. The van der Waals surface area contributed by atoms with Gasteiger partial charge in [-0.3, -0.25) is 9.78 Å². The van der Waals surface area contributed by atoms with Crippen molar-refractivity contribution in [2.45, 2.75) is 12.8 Å². The van der Waals surface area contributed by atoms with E-state index < -0.39 is 0 Å². The van der Waals surface area contributed by atoms with Crippen LogP contribution in [0, 0.1) is 0 Å². The number of ketones is 1. The van der Waals surface area contributed by atoms with Gasteiger partial charge < -0.3 is 4.74 Å². The highest BCUT2D eigenvalue weighted by molar-refractivity contribution is 7.12. The van der Waals surface area contributed by atoms with Crippen molar-refractivity contribution in [1.29, 1.82) is 0 Å². The number of methoxy groups -OCH3 is 1. The molecule has 3 nitrogen and oxygen atoms in total. The van der Waals surface area contributed by atoms with Gasteiger partial charge in [0.1, 0.15) is 5.75 Å². The van der Waals surface area contributed by atoms with E-state index in [1.807, 2.05) is 24.4 Å². The molecule has 0 bridgehead atoms. The van der Waals surface area contributed by atoms with Gasteiger partial charge in [0, 0.05) is 29.8 Å². The third-order valence-electron chi connectivity index (χ3n) is 2.65. The monoisotopic (exact) mass is 247 g/mol. The number of ether oxygens (including phenoxy) is 1. The number of aromatic nitrogens is 1. The van der Waals surface area contributed by atoms with Crippen molar-refractivity contribution in [2.24, 2.45) is 0 Å². The molecule has 17 heavy (non-hydrogen) atoms. The van der Waals surface area contributed by atoms with Crippen molar-refractivity contribution in [3.05, 3.63) is 46.4 Å². The first-order chi connectivity index (χ1) is 8.22. The lowest BCUT2D eigenvalue weighted by Gasteiger charge is -2.08. The Morgan fingerprint density at radius 1 is 1.41 bits per heavy atom. The van der Waals surface area contributed by atoms with Crippen LogP contribution in [-0.2, 0) is 0 Å². The molecule has 0 N–H and O–H groups in total. The molecule has 1 unspecified atom stereocenters. The van der Waals surface area contributed by atoms with Gasteiger partial charge in [-0.05, 0) is 17.7 Å². The summed E-state index contributed by atoms with van der Waals surface area (Å²) < 4.78 is 5.08. The van der Waals surface area contributed by atoms with E-state index in [1.54, 1.807) is 25.6 Å². The summed E-state index contributed by atoms with van der Waals surface area (Å²) in [6.07, 6.45) is 3.40. The van der Waals surface area contributed by atoms with Gasteiger partial charge in [-0.1, -0.05) is 6.92 Å². The van der Waals surface area contributed by atoms with Crippen LogP contribution in [0.25, 0.3) is 0 Å². The highest BCUT2D eigenvalue weighted by atomic mass is 32.1. The van der Waals surface area contributed by atoms with Gasteiger partial charge in [-0.25, -0.2) is 0 Å². The van der Waals surface area contributed by atoms with Gasteiger partial charge in [-0.2, -0.15) is 0 Å². The molecule has 1 atom stereocenters. The quantitative estimate of drug-likeness (QED) is 0.779. The van der Waals surface area contributed by atoms with Crippen LogP contribution >= 0.6 is 11.3 Å². The third kappa shape index (κ3) is 2.53. The maximum absolute atomic E-state index is 12.2. The molecule has 0 amide bonds. The molecule has 0 aromatic carbocycles. The van der Waals surface area contributed by atoms with Crippen LogP contribution in [-0.4, -0.2) is 17.9 Å². The Bertz CT molecular complexity index is 507. The van der Waals surface area contributed by atoms with Crippen molar-refractivity contribution < 1.29 is 9.53 Å². The molecule has 2 heterocycles. The molecule has 0 saturated carbocycles. The number of carbonyl (C=O) groups is 1. The summed E-state index contributed by atoms with van der Waals surface area (Å²) in [4.78, 5) is 16.9. The fourth-order valence-electron chi connectivity index (χ4n) is 1.57. The minimum Gasteiger partial charge on any atom is -0.496 e. The van der Waals surface area contributed by atoms with Crippen LogP contribution in [0.1, 0.15) is 28.1 Å². The van der Waals surface area contributed by atoms with Crippen molar-refractivity contribution in [3.8, 4) is 5.75 Å². The molecule has 2 aromatic rings. The van der Waals surface area contributed by atoms with Gasteiger partial charge in [0.15, 0.2) is 5.78 Å². The highest BCUT2D eigenvalue weighted by Crippen LogP contribution is 2.27. The smallest absolute Gasteiger partial charge is 0.180 e. The van der Waals surface area contributed by atoms with E-state index in [0.717, 1.165) is 16.2 Å². The second-order valence-corrected chi connectivity index (χ2v) is 4.63. The third-order valence-corrected chi connectivity index (χ3v) is 3.58. The zero-order chi connectivity index (χ0) is 12.3. The average molecular weight is 247 g/mol. The summed E-state index contributed by atoms with van der Waals surface area (Å²) in [5.41, 5.74) is 0.984. The molecule has 88 valence electrons. The molecule has 0 saturated heterocycles. The first kappa shape index (κ1) is 11.8. The predicted molar refractivity (Wildman–Crippen MR) is 67.9 cm³/mol. The average Bonchev–Trinajstić information content (AvgIpc) is 2.87. The van der Waals surface area contributed by atoms with E-state index in [1.165, 1.54) is 11.3 Å². The number of hydrogen-bond acceptors (Lipinski definition) is 4. The van der Waals surface area contributed by atoms with E-state index in [4.69, 9.17) is 4.74 Å². The molecule has 0 fully saturated rings. The Morgan fingerprint density at radius 2 is 2.12 bits per heavy atom. The lowest BCUT2D eigenvalue weighted by molar-refractivity contribution is 0.0970. The van der Waals surface area contributed by atoms with Crippen molar-refractivity contribution in [1.82, 2.24) is 4.98 Å². The molecule has 0 aliphatic heterocycles. The van der Waals surface area contributed by atoms with E-state index in [0.29, 0.717) is 0 Å². The minimum atomic E-state index is -0.152. The van der Waals surface area contributed by atoms with Gasteiger partial charge in [0.2, 0.25) is 0 Å². The molecule has 2 rings (SSSR count). The molecular formula is C13H13NO2S. The Balaban J connectivity index is 2.20. The Morgan fingerprint density at radius 3 is 2.71 bits per heavy atom. The molecule has 2 aromatic heterocycles. The maximum atomic E-state index is 12.2. The number of hydrogen-bond donors (Lipinski definition) is 0. The summed E-state index contributed by atoms with van der Waals surface area (Å²) >= 11 is 1.42. The highest BCUT2D eigenvalue weighted by Gasteiger charge is 2.18. The van der Waals surface area contributed by atoms with Gasteiger partial charge >= 0.3 is 0 Å². The number of Topliss-reactive ketones (excluding diaryl/α,β-unsaturated/α-hetero) is 1. The molecule has 0 aliphatic carbocycles. The lowest BCUT2D eigenvalue weighted by atomic mass is 9.97. The van der Waals surface area contributed by atoms with Crippen molar-refractivity contribution in [2.75, 3.05) is 7.11 Å². The van der Waals surface area contributed by atoms with Crippen molar-refractivity contribution in [3.63, 3.8) is 0 Å². The number of nitrogens with zero attached hydrogens (tertiary/aromatic N) is 1.